The second-order valence-electron chi connectivity index (χ2n) is 9.15. The van der Waals surface area contributed by atoms with E-state index in [0.29, 0.717) is 11.6 Å². The molecule has 0 fully saturated rings. The van der Waals surface area contributed by atoms with Crippen LogP contribution in [0.1, 0.15) is 42.9 Å². The Morgan fingerprint density at radius 3 is 2.61 bits per heavy atom. The fraction of sp³-hybridized carbons (Fsp3) is 0.259. The van der Waals surface area contributed by atoms with E-state index < -0.39 is 0 Å². The van der Waals surface area contributed by atoms with Crippen molar-refractivity contribution in [3.8, 4) is 5.75 Å². The van der Waals surface area contributed by atoms with Crippen LogP contribution in [0.3, 0.4) is 0 Å². The van der Waals surface area contributed by atoms with Crippen molar-refractivity contribution in [2.75, 3.05) is 11.9 Å². The highest BCUT2D eigenvalue weighted by molar-refractivity contribution is 6.30. The van der Waals surface area contributed by atoms with E-state index in [1.807, 2.05) is 60.7 Å². The number of rotatable bonds is 3. The third-order valence-electron chi connectivity index (χ3n) is 6.18. The van der Waals surface area contributed by atoms with Crippen LogP contribution in [0, 0.1) is 0 Å². The number of halogens is 1. The summed E-state index contributed by atoms with van der Waals surface area (Å²) in [4.78, 5) is 13.1. The monoisotopic (exact) mass is 459 g/mol. The highest BCUT2D eigenvalue weighted by atomic mass is 35.5. The predicted octanol–water partition coefficient (Wildman–Crippen LogP) is 6.48. The van der Waals surface area contributed by atoms with Gasteiger partial charge in [0.05, 0.1) is 12.3 Å². The number of benzene rings is 3. The largest absolute Gasteiger partial charge is 0.488 e. The minimum Gasteiger partial charge on any atom is -0.488 e. The van der Waals surface area contributed by atoms with Gasteiger partial charge in [-0.1, -0.05) is 54.1 Å². The van der Waals surface area contributed by atoms with Crippen LogP contribution in [-0.2, 0) is 6.42 Å². The van der Waals surface area contributed by atoms with Gasteiger partial charge in [0.1, 0.15) is 11.4 Å². The van der Waals surface area contributed by atoms with Crippen LogP contribution in [0.5, 0.6) is 5.75 Å². The van der Waals surface area contributed by atoms with Crippen LogP contribution < -0.4 is 10.1 Å². The predicted molar refractivity (Wildman–Crippen MR) is 132 cm³/mol. The van der Waals surface area contributed by atoms with Crippen molar-refractivity contribution >= 4 is 29.0 Å². The van der Waals surface area contributed by atoms with Gasteiger partial charge in [0, 0.05) is 16.6 Å². The molecule has 0 aliphatic carbocycles. The van der Waals surface area contributed by atoms with E-state index >= 15 is 0 Å². The Hall–Kier alpha value is -3.31. The molecule has 2 aliphatic heterocycles. The Bertz CT molecular complexity index is 1210. The molecule has 1 atom stereocenters. The number of carbonyl (C=O) groups excluding carboxylic acids is 1. The lowest BCUT2D eigenvalue weighted by molar-refractivity contribution is 0.0847. The van der Waals surface area contributed by atoms with E-state index in [4.69, 9.17) is 21.4 Å². The molecule has 6 heteroatoms. The van der Waals surface area contributed by atoms with E-state index in [-0.39, 0.29) is 17.6 Å². The molecule has 2 amide bonds. The summed E-state index contributed by atoms with van der Waals surface area (Å²) in [6, 6.07) is 23.3. The molecular formula is C27H26ClN3O2. The second-order valence-corrected chi connectivity index (χ2v) is 9.59. The van der Waals surface area contributed by atoms with Gasteiger partial charge in [0.2, 0.25) is 0 Å². The van der Waals surface area contributed by atoms with Gasteiger partial charge < -0.3 is 10.1 Å². The summed E-state index contributed by atoms with van der Waals surface area (Å²) in [5, 5.41) is 9.91. The van der Waals surface area contributed by atoms with E-state index in [9.17, 15) is 4.79 Å². The van der Waals surface area contributed by atoms with Crippen LogP contribution in [0.25, 0.3) is 0 Å². The van der Waals surface area contributed by atoms with Crippen molar-refractivity contribution in [2.45, 2.75) is 38.2 Å². The van der Waals surface area contributed by atoms with Crippen LogP contribution in [0.2, 0.25) is 5.02 Å². The summed E-state index contributed by atoms with van der Waals surface area (Å²) in [5.41, 5.74) is 4.63. The quantitative estimate of drug-likeness (QED) is 0.487. The molecule has 3 aromatic rings. The number of hydrogen-bond acceptors (Lipinski definition) is 3. The molecule has 0 radical (unpaired) electrons. The molecule has 2 heterocycles. The van der Waals surface area contributed by atoms with Crippen molar-refractivity contribution in [1.29, 1.82) is 0 Å². The number of amides is 2. The fourth-order valence-corrected chi connectivity index (χ4v) is 4.51. The molecule has 0 unspecified atom stereocenters. The maximum absolute atomic E-state index is 13.1. The van der Waals surface area contributed by atoms with Crippen molar-refractivity contribution < 1.29 is 9.53 Å². The lowest BCUT2D eigenvalue weighted by Crippen LogP contribution is -2.33. The summed E-state index contributed by atoms with van der Waals surface area (Å²) >= 11 is 6.08. The number of urea groups is 1. The number of carbonyl (C=O) groups is 1. The maximum Gasteiger partial charge on any atom is 0.342 e. The molecule has 1 N–H and O–H groups in total. The van der Waals surface area contributed by atoms with E-state index in [1.165, 1.54) is 5.01 Å². The smallest absolute Gasteiger partial charge is 0.342 e. The normalized spacial score (nSPS) is 18.8. The summed E-state index contributed by atoms with van der Waals surface area (Å²) in [7, 11) is 0. The number of hydrazone groups is 1. The van der Waals surface area contributed by atoms with Crippen molar-refractivity contribution in [2.24, 2.45) is 5.10 Å². The van der Waals surface area contributed by atoms with Crippen LogP contribution in [-0.4, -0.2) is 28.9 Å². The SMILES string of the molecule is CC1(C)CCc2cc(NC(=O)N3C[C@H](c4ccccc4)C(c4ccc(Cl)cc4)=N3)ccc2O1. The number of nitrogens with one attached hydrogen (secondary N) is 1. The molecule has 5 nitrogen and oxygen atoms in total. The number of aryl methyl sites for hydroxylation is 1. The first kappa shape index (κ1) is 21.5. The fourth-order valence-electron chi connectivity index (χ4n) is 4.38. The summed E-state index contributed by atoms with van der Waals surface area (Å²) in [5.74, 6) is 0.870. The standard InChI is InChI=1S/C27H26ClN3O2/c1-27(2)15-14-20-16-22(12-13-24(20)33-27)29-26(32)31-17-23(18-6-4-3-5-7-18)25(30-31)19-8-10-21(28)11-9-19/h3-13,16,23H,14-15,17H2,1-2H3,(H,29,32)/t23-/m1/s1. The average molecular weight is 460 g/mol. The third kappa shape index (κ3) is 4.60. The zero-order valence-electron chi connectivity index (χ0n) is 18.7. The first-order valence-corrected chi connectivity index (χ1v) is 11.6. The first-order chi connectivity index (χ1) is 15.9. The minimum atomic E-state index is -0.253. The molecule has 0 aromatic heterocycles. The molecule has 33 heavy (non-hydrogen) atoms. The number of ether oxygens (including phenoxy) is 1. The van der Waals surface area contributed by atoms with E-state index in [0.717, 1.165) is 46.7 Å². The number of nitrogens with zero attached hydrogens (tertiary/aromatic N) is 2. The maximum atomic E-state index is 13.1. The lowest BCUT2D eigenvalue weighted by Gasteiger charge is -2.32. The third-order valence-corrected chi connectivity index (χ3v) is 6.44. The number of hydrogen-bond donors (Lipinski definition) is 1. The Kier molecular flexibility index (Phi) is 5.59. The molecular weight excluding hydrogens is 434 g/mol. The summed E-state index contributed by atoms with van der Waals surface area (Å²) in [6.45, 7) is 4.66. The van der Waals surface area contributed by atoms with Crippen molar-refractivity contribution in [3.63, 3.8) is 0 Å². The summed E-state index contributed by atoms with van der Waals surface area (Å²) in [6.07, 6.45) is 1.86. The van der Waals surface area contributed by atoms with E-state index in [2.05, 4.69) is 31.3 Å². The Morgan fingerprint density at radius 2 is 1.85 bits per heavy atom. The van der Waals surface area contributed by atoms with E-state index in [1.54, 1.807) is 0 Å². The van der Waals surface area contributed by atoms with Gasteiger partial charge in [-0.05, 0) is 73.7 Å². The van der Waals surface area contributed by atoms with Gasteiger partial charge in [-0.2, -0.15) is 5.10 Å². The van der Waals surface area contributed by atoms with Gasteiger partial charge in [-0.15, -0.1) is 0 Å². The van der Waals surface area contributed by atoms with Crippen molar-refractivity contribution in [1.82, 2.24) is 5.01 Å². The summed E-state index contributed by atoms with van der Waals surface area (Å²) < 4.78 is 6.06. The molecule has 0 saturated carbocycles. The molecule has 168 valence electrons. The molecule has 5 rings (SSSR count). The van der Waals surface area contributed by atoms with Crippen LogP contribution >= 0.6 is 11.6 Å². The Morgan fingerprint density at radius 1 is 1.09 bits per heavy atom. The first-order valence-electron chi connectivity index (χ1n) is 11.2. The lowest BCUT2D eigenvalue weighted by atomic mass is 9.91. The molecule has 3 aromatic carbocycles. The molecule has 0 bridgehead atoms. The Labute approximate surface area is 199 Å². The van der Waals surface area contributed by atoms with Crippen molar-refractivity contribution in [3.05, 3.63) is 94.5 Å². The highest BCUT2D eigenvalue weighted by Gasteiger charge is 2.32. The molecule has 0 spiro atoms. The van der Waals surface area contributed by atoms with Crippen LogP contribution in [0.4, 0.5) is 10.5 Å². The van der Waals surface area contributed by atoms with Gasteiger partial charge in [-0.25, -0.2) is 9.80 Å². The highest BCUT2D eigenvalue weighted by Crippen LogP contribution is 2.35. The molecule has 2 aliphatic rings. The Balaban J connectivity index is 1.38. The topological polar surface area (TPSA) is 53.9 Å². The minimum absolute atomic E-state index is 0.0164. The van der Waals surface area contributed by atoms with Gasteiger partial charge in [0.15, 0.2) is 0 Å². The van der Waals surface area contributed by atoms with Gasteiger partial charge >= 0.3 is 6.03 Å². The zero-order valence-corrected chi connectivity index (χ0v) is 19.5. The second kappa shape index (κ2) is 8.56. The van der Waals surface area contributed by atoms with Gasteiger partial charge in [0.25, 0.3) is 0 Å². The average Bonchev–Trinajstić information content (AvgIpc) is 3.26. The van der Waals surface area contributed by atoms with Gasteiger partial charge in [-0.3, -0.25) is 0 Å². The number of fused-ring (bicyclic) bond motifs is 1. The molecule has 0 saturated heterocycles. The van der Waals surface area contributed by atoms with Crippen LogP contribution in [0.15, 0.2) is 77.9 Å². The number of anilines is 1. The zero-order chi connectivity index (χ0) is 23.0.